The highest BCUT2D eigenvalue weighted by Gasteiger charge is 2.13. The SMILES string of the molecule is CCCCOc1ccc(-c2cc(C(=O)O)nn2C)nc1. The number of hydrogen-bond donors (Lipinski definition) is 1. The molecule has 0 aliphatic carbocycles. The average Bonchev–Trinajstić information content (AvgIpc) is 2.82. The van der Waals surface area contributed by atoms with Crippen molar-refractivity contribution in [3.05, 3.63) is 30.1 Å². The van der Waals surface area contributed by atoms with Crippen LogP contribution in [0.25, 0.3) is 11.4 Å². The molecule has 2 heterocycles. The van der Waals surface area contributed by atoms with Gasteiger partial charge in [0.05, 0.1) is 24.2 Å². The third-order valence-electron chi connectivity index (χ3n) is 2.86. The highest BCUT2D eigenvalue weighted by Crippen LogP contribution is 2.20. The van der Waals surface area contributed by atoms with E-state index in [1.54, 1.807) is 19.3 Å². The van der Waals surface area contributed by atoms with E-state index in [0.29, 0.717) is 23.7 Å². The molecule has 6 nitrogen and oxygen atoms in total. The van der Waals surface area contributed by atoms with Crippen LogP contribution >= 0.6 is 0 Å². The van der Waals surface area contributed by atoms with Gasteiger partial charge in [-0.15, -0.1) is 0 Å². The highest BCUT2D eigenvalue weighted by atomic mass is 16.5. The fourth-order valence-corrected chi connectivity index (χ4v) is 1.76. The van der Waals surface area contributed by atoms with Gasteiger partial charge >= 0.3 is 5.97 Å². The number of carboxylic acids is 1. The molecule has 1 N–H and O–H groups in total. The number of carboxylic acid groups (broad SMARTS) is 1. The number of nitrogens with zero attached hydrogens (tertiary/aromatic N) is 3. The summed E-state index contributed by atoms with van der Waals surface area (Å²) < 4.78 is 7.04. The van der Waals surface area contributed by atoms with Crippen molar-refractivity contribution in [2.24, 2.45) is 7.05 Å². The first-order valence-corrected chi connectivity index (χ1v) is 6.48. The van der Waals surface area contributed by atoms with E-state index in [4.69, 9.17) is 9.84 Å². The van der Waals surface area contributed by atoms with Crippen molar-refractivity contribution in [3.63, 3.8) is 0 Å². The summed E-state index contributed by atoms with van der Waals surface area (Å²) in [6.07, 6.45) is 3.72. The molecule has 0 aliphatic heterocycles. The minimum atomic E-state index is -1.05. The fraction of sp³-hybridized carbons (Fsp3) is 0.357. The maximum atomic E-state index is 10.9. The molecule has 0 radical (unpaired) electrons. The Labute approximate surface area is 117 Å². The molecule has 2 aromatic rings. The number of carbonyl (C=O) groups is 1. The van der Waals surface area contributed by atoms with Crippen LogP contribution in [0.4, 0.5) is 0 Å². The molecule has 0 atom stereocenters. The first-order valence-electron chi connectivity index (χ1n) is 6.48. The third-order valence-corrected chi connectivity index (χ3v) is 2.86. The first kappa shape index (κ1) is 14.0. The monoisotopic (exact) mass is 275 g/mol. The summed E-state index contributed by atoms with van der Waals surface area (Å²) in [5.74, 6) is -0.339. The average molecular weight is 275 g/mol. The van der Waals surface area contributed by atoms with Gasteiger partial charge in [-0.05, 0) is 18.6 Å². The molecule has 0 spiro atoms. The number of aromatic carboxylic acids is 1. The Morgan fingerprint density at radius 2 is 2.25 bits per heavy atom. The first-order chi connectivity index (χ1) is 9.61. The Balaban J connectivity index is 2.15. The molecule has 0 fully saturated rings. The molecule has 0 saturated heterocycles. The largest absolute Gasteiger partial charge is 0.492 e. The number of aromatic nitrogens is 3. The van der Waals surface area contributed by atoms with Crippen LogP contribution in [0, 0.1) is 0 Å². The summed E-state index contributed by atoms with van der Waals surface area (Å²) in [4.78, 5) is 15.2. The Bertz CT molecular complexity index is 590. The van der Waals surface area contributed by atoms with Crippen LogP contribution in [0.3, 0.4) is 0 Å². The molecule has 0 aliphatic rings. The Hall–Kier alpha value is -2.37. The molecule has 106 valence electrons. The van der Waals surface area contributed by atoms with E-state index in [0.717, 1.165) is 12.8 Å². The van der Waals surface area contributed by atoms with Crippen molar-refractivity contribution < 1.29 is 14.6 Å². The molecule has 0 unspecified atom stereocenters. The number of ether oxygens (including phenoxy) is 1. The smallest absolute Gasteiger partial charge is 0.356 e. The maximum absolute atomic E-state index is 10.9. The summed E-state index contributed by atoms with van der Waals surface area (Å²) in [5.41, 5.74) is 1.32. The summed E-state index contributed by atoms with van der Waals surface area (Å²) in [6, 6.07) is 5.12. The Morgan fingerprint density at radius 3 is 2.80 bits per heavy atom. The van der Waals surface area contributed by atoms with E-state index < -0.39 is 5.97 Å². The van der Waals surface area contributed by atoms with Crippen molar-refractivity contribution in [2.75, 3.05) is 6.61 Å². The van der Waals surface area contributed by atoms with E-state index in [1.807, 2.05) is 6.07 Å². The molecule has 6 heteroatoms. The summed E-state index contributed by atoms with van der Waals surface area (Å²) in [7, 11) is 1.69. The lowest BCUT2D eigenvalue weighted by atomic mass is 10.2. The van der Waals surface area contributed by atoms with Crippen LogP contribution in [0.15, 0.2) is 24.4 Å². The van der Waals surface area contributed by atoms with Crippen molar-refractivity contribution in [1.29, 1.82) is 0 Å². The molecular weight excluding hydrogens is 258 g/mol. The molecule has 0 bridgehead atoms. The molecule has 2 rings (SSSR count). The predicted molar refractivity (Wildman–Crippen MR) is 73.8 cm³/mol. The molecule has 2 aromatic heterocycles. The van der Waals surface area contributed by atoms with Gasteiger partial charge in [-0.2, -0.15) is 5.10 Å². The molecule has 0 aromatic carbocycles. The zero-order valence-electron chi connectivity index (χ0n) is 11.5. The lowest BCUT2D eigenvalue weighted by Crippen LogP contribution is -2.00. The second-order valence-corrected chi connectivity index (χ2v) is 4.42. The minimum absolute atomic E-state index is 0.00701. The van der Waals surface area contributed by atoms with E-state index in [1.165, 1.54) is 10.7 Å². The number of pyridine rings is 1. The third kappa shape index (κ3) is 3.14. The Morgan fingerprint density at radius 1 is 1.45 bits per heavy atom. The summed E-state index contributed by atoms with van der Waals surface area (Å²) in [6.45, 7) is 2.78. The quantitative estimate of drug-likeness (QED) is 0.819. The number of aryl methyl sites for hydroxylation is 1. The second kappa shape index (κ2) is 6.18. The minimum Gasteiger partial charge on any atom is -0.492 e. The van der Waals surface area contributed by atoms with E-state index in [-0.39, 0.29) is 5.69 Å². The normalized spacial score (nSPS) is 10.5. The predicted octanol–water partition coefficient (Wildman–Crippen LogP) is 2.36. The van der Waals surface area contributed by atoms with Crippen molar-refractivity contribution in [1.82, 2.24) is 14.8 Å². The van der Waals surface area contributed by atoms with Crippen molar-refractivity contribution in [2.45, 2.75) is 19.8 Å². The van der Waals surface area contributed by atoms with Gasteiger partial charge in [0.15, 0.2) is 5.69 Å². The zero-order valence-corrected chi connectivity index (χ0v) is 11.5. The van der Waals surface area contributed by atoms with Gasteiger partial charge < -0.3 is 9.84 Å². The summed E-state index contributed by atoms with van der Waals surface area (Å²) >= 11 is 0. The van der Waals surface area contributed by atoms with Crippen LogP contribution < -0.4 is 4.74 Å². The van der Waals surface area contributed by atoms with Crippen molar-refractivity contribution >= 4 is 5.97 Å². The van der Waals surface area contributed by atoms with E-state index in [9.17, 15) is 4.79 Å². The second-order valence-electron chi connectivity index (χ2n) is 4.42. The maximum Gasteiger partial charge on any atom is 0.356 e. The lowest BCUT2D eigenvalue weighted by molar-refractivity contribution is 0.0689. The fourth-order valence-electron chi connectivity index (χ4n) is 1.76. The zero-order chi connectivity index (χ0) is 14.5. The van der Waals surface area contributed by atoms with E-state index in [2.05, 4.69) is 17.0 Å². The van der Waals surface area contributed by atoms with Gasteiger partial charge in [0, 0.05) is 13.1 Å². The van der Waals surface area contributed by atoms with Crippen LogP contribution in [-0.4, -0.2) is 32.4 Å². The summed E-state index contributed by atoms with van der Waals surface area (Å²) in [5, 5.41) is 12.8. The van der Waals surface area contributed by atoms with Gasteiger partial charge in [-0.25, -0.2) is 4.79 Å². The van der Waals surface area contributed by atoms with Gasteiger partial charge in [0.2, 0.25) is 0 Å². The number of hydrogen-bond acceptors (Lipinski definition) is 4. The molecular formula is C14H17N3O3. The van der Waals surface area contributed by atoms with Gasteiger partial charge in [-0.1, -0.05) is 13.3 Å². The van der Waals surface area contributed by atoms with Crippen LogP contribution in [0.2, 0.25) is 0 Å². The molecule has 20 heavy (non-hydrogen) atoms. The van der Waals surface area contributed by atoms with Crippen LogP contribution in [0.1, 0.15) is 30.3 Å². The van der Waals surface area contributed by atoms with Crippen LogP contribution in [-0.2, 0) is 7.05 Å². The standard InChI is InChI=1S/C14H17N3O3/c1-3-4-7-20-10-5-6-11(15-9-10)13-8-12(14(18)19)16-17(13)2/h5-6,8-9H,3-4,7H2,1-2H3,(H,18,19). The van der Waals surface area contributed by atoms with Crippen LogP contribution in [0.5, 0.6) is 5.75 Å². The molecule has 0 saturated carbocycles. The van der Waals surface area contributed by atoms with Gasteiger partial charge in [0.1, 0.15) is 5.75 Å². The van der Waals surface area contributed by atoms with Gasteiger partial charge in [-0.3, -0.25) is 9.67 Å². The lowest BCUT2D eigenvalue weighted by Gasteiger charge is -2.06. The van der Waals surface area contributed by atoms with Crippen molar-refractivity contribution in [3.8, 4) is 17.1 Å². The van der Waals surface area contributed by atoms with E-state index >= 15 is 0 Å². The van der Waals surface area contributed by atoms with Gasteiger partial charge in [0.25, 0.3) is 0 Å². The Kier molecular flexibility index (Phi) is 4.34. The number of unbranched alkanes of at least 4 members (excludes halogenated alkanes) is 1. The number of rotatable bonds is 6. The molecule has 0 amide bonds. The highest BCUT2D eigenvalue weighted by molar-refractivity contribution is 5.86. The topological polar surface area (TPSA) is 77.2 Å².